The Kier molecular flexibility index (Phi) is 7.19. The van der Waals surface area contributed by atoms with Crippen molar-refractivity contribution in [1.82, 2.24) is 5.32 Å². The van der Waals surface area contributed by atoms with Gasteiger partial charge < -0.3 is 19.5 Å². The molecule has 0 amide bonds. The Bertz CT molecular complexity index is 810. The number of halogens is 2. The van der Waals surface area contributed by atoms with E-state index in [-0.39, 0.29) is 6.10 Å². The van der Waals surface area contributed by atoms with E-state index in [1.807, 2.05) is 24.3 Å². The van der Waals surface area contributed by atoms with Gasteiger partial charge in [-0.05, 0) is 48.7 Å². The van der Waals surface area contributed by atoms with Crippen LogP contribution in [0.15, 0.2) is 36.4 Å². The lowest BCUT2D eigenvalue weighted by Gasteiger charge is -2.15. The molecule has 7 heteroatoms. The molecule has 2 aromatic carbocycles. The fraction of sp³-hybridized carbons (Fsp3) is 0.350. The Morgan fingerprint density at radius 2 is 2.04 bits per heavy atom. The normalized spacial score (nSPS) is 16.2. The van der Waals surface area contributed by atoms with Gasteiger partial charge in [-0.3, -0.25) is 0 Å². The highest BCUT2D eigenvalue weighted by Gasteiger charge is 2.16. The second kappa shape index (κ2) is 9.60. The highest BCUT2D eigenvalue weighted by molar-refractivity contribution is 7.80. The van der Waals surface area contributed by atoms with Crippen LogP contribution in [0.3, 0.4) is 0 Å². The Morgan fingerprint density at radius 1 is 1.19 bits per heavy atom. The second-order valence-corrected chi connectivity index (χ2v) is 7.47. The molecule has 1 heterocycles. The molecule has 1 aliphatic heterocycles. The summed E-state index contributed by atoms with van der Waals surface area (Å²) in [6.45, 7) is 1.91. The van der Waals surface area contributed by atoms with Crippen molar-refractivity contribution in [3.05, 3.63) is 57.6 Å². The molecule has 0 bridgehead atoms. The van der Waals surface area contributed by atoms with Gasteiger partial charge >= 0.3 is 0 Å². The summed E-state index contributed by atoms with van der Waals surface area (Å²) in [5.74, 6) is 1.25. The van der Waals surface area contributed by atoms with Crippen LogP contribution in [0.2, 0.25) is 10.0 Å². The molecule has 0 spiro atoms. The van der Waals surface area contributed by atoms with Gasteiger partial charge in [-0.25, -0.2) is 0 Å². The summed E-state index contributed by atoms with van der Waals surface area (Å²) in [7, 11) is 1.61. The number of nitrogens with one attached hydrogen (secondary N) is 1. The van der Waals surface area contributed by atoms with Gasteiger partial charge in [0.25, 0.3) is 0 Å². The number of hydrogen-bond acceptors (Lipinski definition) is 4. The average molecular weight is 426 g/mol. The molecule has 2 aromatic rings. The number of thiocarbonyl (C=S) groups is 1. The summed E-state index contributed by atoms with van der Waals surface area (Å²) in [6.07, 6.45) is 2.41. The molecule has 1 fully saturated rings. The molecule has 144 valence electrons. The van der Waals surface area contributed by atoms with Crippen LogP contribution in [0.5, 0.6) is 11.5 Å². The summed E-state index contributed by atoms with van der Waals surface area (Å²) < 4.78 is 16.9. The first-order chi connectivity index (χ1) is 13.1. The van der Waals surface area contributed by atoms with Crippen molar-refractivity contribution in [3.63, 3.8) is 0 Å². The molecule has 1 saturated heterocycles. The van der Waals surface area contributed by atoms with Gasteiger partial charge in [0.1, 0.15) is 11.6 Å². The van der Waals surface area contributed by atoms with Gasteiger partial charge in [-0.2, -0.15) is 0 Å². The predicted molar refractivity (Wildman–Crippen MR) is 112 cm³/mol. The Labute approximate surface area is 174 Å². The number of ether oxygens (including phenoxy) is 3. The van der Waals surface area contributed by atoms with E-state index in [1.54, 1.807) is 19.2 Å². The molecule has 1 N–H and O–H groups in total. The van der Waals surface area contributed by atoms with Gasteiger partial charge in [0.05, 0.1) is 23.3 Å². The number of benzene rings is 2. The van der Waals surface area contributed by atoms with E-state index in [0.29, 0.717) is 33.1 Å². The molecule has 0 unspecified atom stereocenters. The van der Waals surface area contributed by atoms with Gasteiger partial charge in [0.15, 0.2) is 11.5 Å². The zero-order chi connectivity index (χ0) is 19.2. The van der Waals surface area contributed by atoms with Crippen LogP contribution in [-0.2, 0) is 11.3 Å². The van der Waals surface area contributed by atoms with E-state index in [1.165, 1.54) is 0 Å². The van der Waals surface area contributed by atoms with Crippen LogP contribution in [-0.4, -0.2) is 31.4 Å². The standard InChI is InChI=1S/C20H21Cl2NO3S/c1-24-19-10-14(20(27)23-11-15-3-2-8-25-15)5-7-18(19)26-12-13-4-6-16(21)17(22)9-13/h4-7,9-10,15H,2-3,8,11-12H2,1H3,(H,23,27)/t15-/m0/s1. The van der Waals surface area contributed by atoms with Gasteiger partial charge in [0, 0.05) is 18.7 Å². The molecule has 1 aliphatic rings. The van der Waals surface area contributed by atoms with Crippen LogP contribution >= 0.6 is 35.4 Å². The first-order valence-electron chi connectivity index (χ1n) is 8.71. The van der Waals surface area contributed by atoms with Gasteiger partial charge in [0.2, 0.25) is 0 Å². The first kappa shape index (κ1) is 20.2. The van der Waals surface area contributed by atoms with Crippen LogP contribution in [0.4, 0.5) is 0 Å². The quantitative estimate of drug-likeness (QED) is 0.630. The smallest absolute Gasteiger partial charge is 0.161 e. The highest BCUT2D eigenvalue weighted by atomic mass is 35.5. The lowest BCUT2D eigenvalue weighted by atomic mass is 10.2. The van der Waals surface area contributed by atoms with Crippen molar-refractivity contribution in [3.8, 4) is 11.5 Å². The second-order valence-electron chi connectivity index (χ2n) is 6.25. The maximum absolute atomic E-state index is 6.04. The minimum absolute atomic E-state index is 0.235. The molecule has 27 heavy (non-hydrogen) atoms. The van der Waals surface area contributed by atoms with Crippen molar-refractivity contribution in [2.24, 2.45) is 0 Å². The SMILES string of the molecule is COc1cc(C(=S)NC[C@@H]2CCCO2)ccc1OCc1ccc(Cl)c(Cl)c1. The maximum atomic E-state index is 6.04. The van der Waals surface area contributed by atoms with E-state index in [2.05, 4.69) is 5.32 Å². The Hall–Kier alpha value is -1.53. The summed E-state index contributed by atoms with van der Waals surface area (Å²) in [5, 5.41) is 4.29. The van der Waals surface area contributed by atoms with E-state index < -0.39 is 0 Å². The third-order valence-electron chi connectivity index (χ3n) is 4.32. The topological polar surface area (TPSA) is 39.7 Å². The fourth-order valence-corrected chi connectivity index (χ4v) is 3.36. The molecular formula is C20H21Cl2NO3S. The highest BCUT2D eigenvalue weighted by Crippen LogP contribution is 2.30. The van der Waals surface area contributed by atoms with Crippen molar-refractivity contribution >= 4 is 40.4 Å². The van der Waals surface area contributed by atoms with E-state index in [0.717, 1.165) is 37.1 Å². The summed E-state index contributed by atoms with van der Waals surface area (Å²) in [5.41, 5.74) is 1.80. The zero-order valence-corrected chi connectivity index (χ0v) is 17.3. The number of rotatable bonds is 7. The maximum Gasteiger partial charge on any atom is 0.161 e. The monoisotopic (exact) mass is 425 g/mol. The van der Waals surface area contributed by atoms with E-state index in [4.69, 9.17) is 49.6 Å². The molecule has 4 nitrogen and oxygen atoms in total. The lowest BCUT2D eigenvalue weighted by molar-refractivity contribution is 0.114. The van der Waals surface area contributed by atoms with Crippen molar-refractivity contribution < 1.29 is 14.2 Å². The Balaban J connectivity index is 1.62. The average Bonchev–Trinajstić information content (AvgIpc) is 3.20. The van der Waals surface area contributed by atoms with Crippen LogP contribution < -0.4 is 14.8 Å². The van der Waals surface area contributed by atoms with Crippen molar-refractivity contribution in [1.29, 1.82) is 0 Å². The molecule has 0 saturated carbocycles. The number of methoxy groups -OCH3 is 1. The summed E-state index contributed by atoms with van der Waals surface area (Å²) in [4.78, 5) is 0.667. The molecular weight excluding hydrogens is 405 g/mol. The van der Waals surface area contributed by atoms with Crippen molar-refractivity contribution in [2.45, 2.75) is 25.6 Å². The van der Waals surface area contributed by atoms with E-state index >= 15 is 0 Å². The Morgan fingerprint density at radius 3 is 2.74 bits per heavy atom. The molecule has 0 radical (unpaired) electrons. The van der Waals surface area contributed by atoms with Crippen LogP contribution in [0, 0.1) is 0 Å². The third kappa shape index (κ3) is 5.48. The first-order valence-corrected chi connectivity index (χ1v) is 9.88. The lowest BCUT2D eigenvalue weighted by Crippen LogP contribution is -2.31. The summed E-state index contributed by atoms with van der Waals surface area (Å²) in [6, 6.07) is 11.0. The third-order valence-corrected chi connectivity index (χ3v) is 5.44. The number of hydrogen-bond donors (Lipinski definition) is 1. The van der Waals surface area contributed by atoms with Gasteiger partial charge in [-0.15, -0.1) is 0 Å². The van der Waals surface area contributed by atoms with Crippen LogP contribution in [0.25, 0.3) is 0 Å². The van der Waals surface area contributed by atoms with Crippen LogP contribution in [0.1, 0.15) is 24.0 Å². The minimum atomic E-state index is 0.235. The zero-order valence-electron chi connectivity index (χ0n) is 15.0. The predicted octanol–water partition coefficient (Wildman–Crippen LogP) is 5.03. The molecule has 0 aromatic heterocycles. The minimum Gasteiger partial charge on any atom is -0.493 e. The largest absolute Gasteiger partial charge is 0.493 e. The van der Waals surface area contributed by atoms with E-state index in [9.17, 15) is 0 Å². The van der Waals surface area contributed by atoms with Gasteiger partial charge in [-0.1, -0.05) is 41.5 Å². The van der Waals surface area contributed by atoms with Crippen molar-refractivity contribution in [2.75, 3.05) is 20.3 Å². The molecule has 0 aliphatic carbocycles. The molecule has 3 rings (SSSR count). The molecule has 1 atom stereocenters. The summed E-state index contributed by atoms with van der Waals surface area (Å²) >= 11 is 17.5. The fourth-order valence-electron chi connectivity index (χ4n) is 2.83.